The number of rotatable bonds is 6. The molecular weight excluding hydrogens is 577 g/mol. The van der Waals surface area contributed by atoms with E-state index >= 15 is 4.39 Å². The highest BCUT2D eigenvalue weighted by Gasteiger charge is 2.49. The van der Waals surface area contributed by atoms with E-state index in [4.69, 9.17) is 21.1 Å². The highest BCUT2D eigenvalue weighted by atomic mass is 35.5. The van der Waals surface area contributed by atoms with E-state index in [9.17, 15) is 14.7 Å². The van der Waals surface area contributed by atoms with E-state index in [1.807, 2.05) is 18.2 Å². The summed E-state index contributed by atoms with van der Waals surface area (Å²) in [5.74, 6) is -1.66. The van der Waals surface area contributed by atoms with Gasteiger partial charge in [0.15, 0.2) is 15.8 Å². The normalized spacial score (nSPS) is 17.9. The molecule has 4 aromatic rings. The van der Waals surface area contributed by atoms with Crippen LogP contribution in [-0.2, 0) is 15.3 Å². The number of ether oxygens (including phenoxy) is 2. The van der Waals surface area contributed by atoms with Gasteiger partial charge in [-0.1, -0.05) is 71.1 Å². The number of nitrogens with zero attached hydrogens (tertiary/aromatic N) is 3. The molecular formula is C28H19ClFN3O5S2. The zero-order valence-electron chi connectivity index (χ0n) is 20.5. The maximum absolute atomic E-state index is 15.2. The summed E-state index contributed by atoms with van der Waals surface area (Å²) in [5, 5.41) is 20.4. The van der Waals surface area contributed by atoms with Crippen LogP contribution in [0.1, 0.15) is 22.7 Å². The van der Waals surface area contributed by atoms with Crippen molar-refractivity contribution in [3.8, 4) is 11.5 Å². The van der Waals surface area contributed by atoms with Crippen LogP contribution in [0.4, 0.5) is 9.52 Å². The Morgan fingerprint density at radius 2 is 1.80 bits per heavy atom. The Kier molecular flexibility index (Phi) is 7.18. The molecule has 202 valence electrons. The number of ketones is 1. The molecule has 2 aliphatic heterocycles. The third kappa shape index (κ3) is 4.80. The van der Waals surface area contributed by atoms with Gasteiger partial charge < -0.3 is 14.6 Å². The van der Waals surface area contributed by atoms with Crippen molar-refractivity contribution in [3.63, 3.8) is 0 Å². The summed E-state index contributed by atoms with van der Waals surface area (Å²) in [6.45, 7) is 0.710. The van der Waals surface area contributed by atoms with Crippen molar-refractivity contribution in [3.05, 3.63) is 99.8 Å². The van der Waals surface area contributed by atoms with Crippen molar-refractivity contribution in [2.24, 2.45) is 0 Å². The predicted octanol–water partition coefficient (Wildman–Crippen LogP) is 6.02. The molecule has 1 atom stereocenters. The number of carbonyl (C=O) groups excluding carboxylic acids is 2. The number of aliphatic hydroxyl groups is 1. The van der Waals surface area contributed by atoms with E-state index in [0.29, 0.717) is 39.8 Å². The first-order valence-electron chi connectivity index (χ1n) is 12.1. The number of aliphatic hydroxyl groups excluding tert-OH is 1. The van der Waals surface area contributed by atoms with E-state index < -0.39 is 29.3 Å². The van der Waals surface area contributed by atoms with Gasteiger partial charge in [-0.2, -0.15) is 0 Å². The molecule has 0 aliphatic carbocycles. The second kappa shape index (κ2) is 10.9. The first-order chi connectivity index (χ1) is 19.4. The third-order valence-corrected chi connectivity index (χ3v) is 8.84. The van der Waals surface area contributed by atoms with E-state index in [1.165, 1.54) is 36.0 Å². The van der Waals surface area contributed by atoms with E-state index in [0.717, 1.165) is 21.8 Å². The largest absolute Gasteiger partial charge is 0.507 e. The van der Waals surface area contributed by atoms with E-state index in [1.54, 1.807) is 24.3 Å². The minimum absolute atomic E-state index is 0.0289. The molecule has 1 amide bonds. The number of hydrogen-bond donors (Lipinski definition) is 1. The summed E-state index contributed by atoms with van der Waals surface area (Å²) in [4.78, 5) is 27.9. The van der Waals surface area contributed by atoms with Crippen molar-refractivity contribution >= 4 is 57.3 Å². The average molecular weight is 596 g/mol. The van der Waals surface area contributed by atoms with Gasteiger partial charge >= 0.3 is 5.91 Å². The molecule has 3 heterocycles. The Balaban J connectivity index is 1.40. The van der Waals surface area contributed by atoms with Crippen LogP contribution in [0.2, 0.25) is 5.02 Å². The van der Waals surface area contributed by atoms with Crippen molar-refractivity contribution in [2.75, 3.05) is 18.1 Å². The van der Waals surface area contributed by atoms with Crippen LogP contribution >= 0.6 is 34.7 Å². The van der Waals surface area contributed by atoms with Gasteiger partial charge in [-0.15, -0.1) is 10.2 Å². The number of halogens is 2. The van der Waals surface area contributed by atoms with Crippen LogP contribution < -0.4 is 14.4 Å². The number of benzene rings is 3. The molecule has 1 fully saturated rings. The summed E-state index contributed by atoms with van der Waals surface area (Å²) >= 11 is 8.70. The molecule has 1 aromatic heterocycles. The molecule has 0 saturated carbocycles. The summed E-state index contributed by atoms with van der Waals surface area (Å²) in [6.07, 6.45) is 0. The number of Topliss-reactive ketones (excluding diaryl/α,β-unsaturated/α-hetero) is 1. The Hall–Kier alpha value is -3.93. The lowest BCUT2D eigenvalue weighted by atomic mass is 9.95. The summed E-state index contributed by atoms with van der Waals surface area (Å²) in [6, 6.07) is 16.6. The number of thioether (sulfide) groups is 1. The summed E-state index contributed by atoms with van der Waals surface area (Å²) in [7, 11) is 0. The molecule has 0 radical (unpaired) electrons. The quantitative estimate of drug-likeness (QED) is 0.0949. The van der Waals surface area contributed by atoms with Crippen LogP contribution in [0.5, 0.6) is 11.5 Å². The maximum atomic E-state index is 15.2. The van der Waals surface area contributed by atoms with Gasteiger partial charge in [0.25, 0.3) is 5.78 Å². The fourth-order valence-corrected chi connectivity index (χ4v) is 6.63. The first-order valence-corrected chi connectivity index (χ1v) is 14.3. The van der Waals surface area contributed by atoms with Crippen molar-refractivity contribution < 1.29 is 28.6 Å². The van der Waals surface area contributed by atoms with Gasteiger partial charge in [0.1, 0.15) is 30.8 Å². The van der Waals surface area contributed by atoms with E-state index in [-0.39, 0.29) is 21.8 Å². The van der Waals surface area contributed by atoms with Gasteiger partial charge in [0.2, 0.25) is 5.13 Å². The lowest BCUT2D eigenvalue weighted by Crippen LogP contribution is -2.29. The molecule has 40 heavy (non-hydrogen) atoms. The summed E-state index contributed by atoms with van der Waals surface area (Å²) in [5.41, 5.74) is 0.877. The van der Waals surface area contributed by atoms with Gasteiger partial charge in [-0.25, -0.2) is 4.39 Å². The molecule has 0 spiro atoms. The van der Waals surface area contributed by atoms with Crippen LogP contribution in [-0.4, -0.2) is 40.2 Å². The van der Waals surface area contributed by atoms with Gasteiger partial charge in [0, 0.05) is 21.9 Å². The molecule has 1 saturated heterocycles. The molecule has 12 heteroatoms. The number of anilines is 1. The average Bonchev–Trinajstić information content (AvgIpc) is 3.54. The van der Waals surface area contributed by atoms with Crippen LogP contribution in [0.3, 0.4) is 0 Å². The van der Waals surface area contributed by atoms with Gasteiger partial charge in [-0.3, -0.25) is 14.5 Å². The molecule has 3 aromatic carbocycles. The second-order valence-electron chi connectivity index (χ2n) is 8.78. The fraction of sp³-hybridized carbons (Fsp3) is 0.143. The molecule has 0 bridgehead atoms. The number of carbonyl (C=O) groups is 2. The first kappa shape index (κ1) is 26.3. The highest BCUT2D eigenvalue weighted by molar-refractivity contribution is 8.00. The minimum atomic E-state index is -1.27. The Morgan fingerprint density at radius 1 is 1.05 bits per heavy atom. The standard InChI is InChI=1S/C28H19ClFN3O5S2/c29-18-7-3-1-5-16(18)14-39-28-32-31-27(40-28)33-23(17-6-2-4-8-19(17)30)22(25(35)26(33)36)24(34)15-9-10-20-21(13-15)38-12-11-37-20/h1-10,13,23,34H,11-12,14H2/t23-/m0/s1. The van der Waals surface area contributed by atoms with Crippen molar-refractivity contribution in [1.82, 2.24) is 10.2 Å². The topological polar surface area (TPSA) is 102 Å². The zero-order chi connectivity index (χ0) is 27.8. The van der Waals surface area contributed by atoms with Crippen molar-refractivity contribution in [1.29, 1.82) is 0 Å². The zero-order valence-corrected chi connectivity index (χ0v) is 22.9. The third-order valence-electron chi connectivity index (χ3n) is 6.37. The smallest absolute Gasteiger partial charge is 0.301 e. The number of fused-ring (bicyclic) bond motifs is 1. The van der Waals surface area contributed by atoms with Crippen LogP contribution in [0.25, 0.3) is 5.76 Å². The van der Waals surface area contributed by atoms with Gasteiger partial charge in [-0.05, 0) is 35.9 Å². The number of aromatic nitrogens is 2. The Morgan fingerprint density at radius 3 is 2.60 bits per heavy atom. The van der Waals surface area contributed by atoms with E-state index in [2.05, 4.69) is 10.2 Å². The van der Waals surface area contributed by atoms with Gasteiger partial charge in [0.05, 0.1) is 5.57 Å². The summed E-state index contributed by atoms with van der Waals surface area (Å²) < 4.78 is 26.8. The molecule has 1 N–H and O–H groups in total. The minimum Gasteiger partial charge on any atom is -0.507 e. The lowest BCUT2D eigenvalue weighted by Gasteiger charge is -2.23. The molecule has 0 unspecified atom stereocenters. The van der Waals surface area contributed by atoms with Crippen LogP contribution in [0, 0.1) is 5.82 Å². The maximum Gasteiger partial charge on any atom is 0.301 e. The SMILES string of the molecule is O=C1C(=O)N(c2nnc(SCc3ccccc3Cl)s2)[C@@H](c2ccccc2F)C1=C(O)c1ccc2c(c1)OCCO2. The second-order valence-corrected chi connectivity index (χ2v) is 11.4. The van der Waals surface area contributed by atoms with Crippen LogP contribution in [0.15, 0.2) is 76.6 Å². The molecule has 2 aliphatic rings. The lowest BCUT2D eigenvalue weighted by molar-refractivity contribution is -0.132. The number of hydrogen-bond acceptors (Lipinski definition) is 9. The number of amides is 1. The Bertz CT molecular complexity index is 1680. The fourth-order valence-electron chi connectivity index (χ4n) is 4.48. The Labute approximate surface area is 241 Å². The molecule has 8 nitrogen and oxygen atoms in total. The highest BCUT2D eigenvalue weighted by Crippen LogP contribution is 2.45. The predicted molar refractivity (Wildman–Crippen MR) is 150 cm³/mol. The van der Waals surface area contributed by atoms with Crippen molar-refractivity contribution in [2.45, 2.75) is 16.1 Å². The monoisotopic (exact) mass is 595 g/mol. The molecule has 6 rings (SSSR count).